The molecule has 4 aromatic heterocycles. The lowest BCUT2D eigenvalue weighted by atomic mass is 9.98. The molecule has 4 heterocycles. The van der Waals surface area contributed by atoms with Crippen molar-refractivity contribution < 1.29 is 0 Å². The summed E-state index contributed by atoms with van der Waals surface area (Å²) >= 11 is 0. The second kappa shape index (κ2) is 10.9. The lowest BCUT2D eigenvalue weighted by molar-refractivity contribution is 1.07. The van der Waals surface area contributed by atoms with Crippen LogP contribution in [0.3, 0.4) is 0 Å². The van der Waals surface area contributed by atoms with Crippen LogP contribution in [0, 0.1) is 0 Å². The number of para-hydroxylation sites is 2. The smallest absolute Gasteiger partial charge is 0.164 e. The lowest BCUT2D eigenvalue weighted by Crippen LogP contribution is -2.00. The minimum absolute atomic E-state index is 0.636. The van der Waals surface area contributed by atoms with Crippen LogP contribution in [0.5, 0.6) is 0 Å². The average molecular weight is 627 g/mol. The third-order valence-corrected chi connectivity index (χ3v) is 9.26. The molecule has 0 radical (unpaired) electrons. The molecule has 0 atom stereocenters. The van der Waals surface area contributed by atoms with Crippen LogP contribution < -0.4 is 0 Å². The summed E-state index contributed by atoms with van der Waals surface area (Å²) in [6, 6.07) is 52.1. The topological polar surface area (TPSA) is 68.9 Å². The van der Waals surface area contributed by atoms with Gasteiger partial charge in [0.1, 0.15) is 5.65 Å². The highest BCUT2D eigenvalue weighted by atomic mass is 15.0. The van der Waals surface area contributed by atoms with Gasteiger partial charge in [0.05, 0.1) is 27.5 Å². The molecule has 0 N–H and O–H groups in total. The van der Waals surface area contributed by atoms with E-state index in [4.69, 9.17) is 24.9 Å². The number of rotatable bonds is 4. The van der Waals surface area contributed by atoms with E-state index in [1.54, 1.807) is 0 Å². The molecule has 6 nitrogen and oxygen atoms in total. The van der Waals surface area contributed by atoms with Crippen molar-refractivity contribution in [1.82, 2.24) is 29.3 Å². The summed E-state index contributed by atoms with van der Waals surface area (Å²) in [5.74, 6) is 1.93. The Morgan fingerprint density at radius 3 is 1.71 bits per heavy atom. The number of hydrogen-bond acceptors (Lipinski definition) is 5. The van der Waals surface area contributed by atoms with E-state index in [2.05, 4.69) is 83.3 Å². The number of nitrogens with zero attached hydrogens (tertiary/aromatic N) is 6. The van der Waals surface area contributed by atoms with Crippen molar-refractivity contribution in [2.75, 3.05) is 0 Å². The molecule has 0 spiro atoms. The molecule has 0 aliphatic rings. The summed E-state index contributed by atoms with van der Waals surface area (Å²) < 4.78 is 2.29. The summed E-state index contributed by atoms with van der Waals surface area (Å²) in [7, 11) is 0. The Morgan fingerprint density at radius 2 is 1.00 bits per heavy atom. The third kappa shape index (κ3) is 4.46. The molecular weight excluding hydrogens is 601 g/mol. The van der Waals surface area contributed by atoms with Crippen LogP contribution >= 0.6 is 0 Å². The van der Waals surface area contributed by atoms with Crippen molar-refractivity contribution in [3.8, 4) is 45.3 Å². The number of benzene rings is 6. The molecule has 10 aromatic rings. The fourth-order valence-corrected chi connectivity index (χ4v) is 6.91. The van der Waals surface area contributed by atoms with Crippen LogP contribution in [0.15, 0.2) is 158 Å². The maximum absolute atomic E-state index is 5.15. The van der Waals surface area contributed by atoms with Gasteiger partial charge in [-0.2, -0.15) is 0 Å². The van der Waals surface area contributed by atoms with Crippen LogP contribution in [-0.2, 0) is 0 Å². The zero-order valence-electron chi connectivity index (χ0n) is 26.2. The van der Waals surface area contributed by atoms with Crippen LogP contribution in [0.25, 0.3) is 94.5 Å². The van der Waals surface area contributed by atoms with Gasteiger partial charge in [-0.05, 0) is 40.8 Å². The molecular formula is C43H26N6. The Labute approximate surface area is 281 Å². The van der Waals surface area contributed by atoms with Gasteiger partial charge in [-0.25, -0.2) is 19.9 Å². The van der Waals surface area contributed by atoms with Gasteiger partial charge in [-0.3, -0.25) is 9.38 Å². The zero-order chi connectivity index (χ0) is 32.3. The largest absolute Gasteiger partial charge is 0.292 e. The number of aromatic nitrogens is 6. The first-order valence-electron chi connectivity index (χ1n) is 16.3. The molecule has 0 fully saturated rings. The van der Waals surface area contributed by atoms with E-state index >= 15 is 0 Å². The zero-order valence-corrected chi connectivity index (χ0v) is 26.2. The minimum atomic E-state index is 0.636. The van der Waals surface area contributed by atoms with Crippen LogP contribution in [0.2, 0.25) is 0 Å². The van der Waals surface area contributed by atoms with E-state index in [-0.39, 0.29) is 0 Å². The highest BCUT2D eigenvalue weighted by Crippen LogP contribution is 2.37. The number of imidazole rings is 1. The molecule has 49 heavy (non-hydrogen) atoms. The summed E-state index contributed by atoms with van der Waals surface area (Å²) in [6.45, 7) is 0. The van der Waals surface area contributed by atoms with Gasteiger partial charge in [0, 0.05) is 33.7 Å². The lowest BCUT2D eigenvalue weighted by Gasteiger charge is -2.13. The number of hydrogen-bond donors (Lipinski definition) is 0. The molecule has 0 amide bonds. The fraction of sp³-hybridized carbons (Fsp3) is 0. The minimum Gasteiger partial charge on any atom is -0.292 e. The van der Waals surface area contributed by atoms with E-state index in [0.29, 0.717) is 17.5 Å². The van der Waals surface area contributed by atoms with Gasteiger partial charge >= 0.3 is 0 Å². The Hall–Kier alpha value is -6.79. The molecule has 6 aromatic carbocycles. The first kappa shape index (κ1) is 27.3. The van der Waals surface area contributed by atoms with Gasteiger partial charge in [0.25, 0.3) is 0 Å². The molecule has 0 aliphatic heterocycles. The highest BCUT2D eigenvalue weighted by Gasteiger charge is 2.17. The van der Waals surface area contributed by atoms with Crippen LogP contribution in [-0.4, -0.2) is 29.3 Å². The first-order chi connectivity index (χ1) is 24.3. The van der Waals surface area contributed by atoms with Gasteiger partial charge in [-0.15, -0.1) is 0 Å². The molecule has 0 saturated carbocycles. The number of fused-ring (bicyclic) bond motifs is 10. The van der Waals surface area contributed by atoms with Crippen molar-refractivity contribution in [3.05, 3.63) is 158 Å². The van der Waals surface area contributed by atoms with Gasteiger partial charge in [-0.1, -0.05) is 127 Å². The van der Waals surface area contributed by atoms with E-state index in [0.717, 1.165) is 77.1 Å². The fourth-order valence-electron chi connectivity index (χ4n) is 6.91. The monoisotopic (exact) mass is 626 g/mol. The Kier molecular flexibility index (Phi) is 6.08. The predicted molar refractivity (Wildman–Crippen MR) is 198 cm³/mol. The SMILES string of the molecule is c1ccc(-c2nc(-c3ccccc3)nc(-c3ccc(-c4ccc5c6ccc7cccnc7c6c6nc7ccccc7n6c5c4)cc3)n2)cc1. The average Bonchev–Trinajstić information content (AvgIpc) is 3.58. The molecule has 6 heteroatoms. The normalized spacial score (nSPS) is 11.7. The van der Waals surface area contributed by atoms with Crippen LogP contribution in [0.4, 0.5) is 0 Å². The van der Waals surface area contributed by atoms with E-state index < -0.39 is 0 Å². The van der Waals surface area contributed by atoms with Crippen molar-refractivity contribution in [2.24, 2.45) is 0 Å². The quantitative estimate of drug-likeness (QED) is 0.182. The van der Waals surface area contributed by atoms with Crippen molar-refractivity contribution in [3.63, 3.8) is 0 Å². The molecule has 0 unspecified atom stereocenters. The summed E-state index contributed by atoms with van der Waals surface area (Å²) in [5, 5.41) is 4.47. The summed E-state index contributed by atoms with van der Waals surface area (Å²) in [5.41, 5.74) is 10.1. The van der Waals surface area contributed by atoms with Gasteiger partial charge < -0.3 is 0 Å². The maximum Gasteiger partial charge on any atom is 0.164 e. The standard InChI is InChI=1S/C43H26N6/c1-3-10-29(11-4-1)40-46-41(30-12-5-2-6-13-30)48-42(47-40)31-19-17-27(18-20-31)32-22-23-33-34-24-21-28-14-9-25-44-39(28)38(34)43-45-35-15-7-8-16-36(35)49(43)37(33)26-32/h1-26H. The molecule has 0 bridgehead atoms. The molecule has 0 aliphatic carbocycles. The van der Waals surface area contributed by atoms with Crippen molar-refractivity contribution in [2.45, 2.75) is 0 Å². The predicted octanol–water partition coefficient (Wildman–Crippen LogP) is 10.2. The summed E-state index contributed by atoms with van der Waals surface area (Å²) in [6.07, 6.45) is 1.86. The third-order valence-electron chi connectivity index (χ3n) is 9.26. The Bertz CT molecular complexity index is 2800. The van der Waals surface area contributed by atoms with E-state index in [1.807, 2.05) is 79.0 Å². The Morgan fingerprint density at radius 1 is 0.408 bits per heavy atom. The highest BCUT2D eigenvalue weighted by molar-refractivity contribution is 6.22. The Balaban J connectivity index is 1.13. The number of pyridine rings is 2. The second-order valence-corrected chi connectivity index (χ2v) is 12.2. The van der Waals surface area contributed by atoms with Gasteiger partial charge in [0.15, 0.2) is 17.5 Å². The second-order valence-electron chi connectivity index (χ2n) is 12.2. The van der Waals surface area contributed by atoms with Crippen LogP contribution in [0.1, 0.15) is 0 Å². The first-order valence-corrected chi connectivity index (χ1v) is 16.3. The summed E-state index contributed by atoms with van der Waals surface area (Å²) in [4.78, 5) is 24.6. The van der Waals surface area contributed by atoms with E-state index in [9.17, 15) is 0 Å². The van der Waals surface area contributed by atoms with Crippen molar-refractivity contribution >= 4 is 49.3 Å². The van der Waals surface area contributed by atoms with E-state index in [1.165, 1.54) is 0 Å². The van der Waals surface area contributed by atoms with Crippen molar-refractivity contribution in [1.29, 1.82) is 0 Å². The molecule has 228 valence electrons. The molecule has 0 saturated heterocycles. The van der Waals surface area contributed by atoms with Gasteiger partial charge in [0.2, 0.25) is 0 Å². The molecule has 10 rings (SSSR count). The maximum atomic E-state index is 5.15.